The van der Waals surface area contributed by atoms with E-state index >= 15 is 0 Å². The molecule has 0 aliphatic rings. The van der Waals surface area contributed by atoms with Crippen LogP contribution in [0.25, 0.3) is 10.9 Å². The fraction of sp³-hybridized carbons (Fsp3) is 0.0588. The van der Waals surface area contributed by atoms with Crippen LogP contribution in [0.2, 0.25) is 5.02 Å². The van der Waals surface area contributed by atoms with E-state index in [2.05, 4.69) is 4.98 Å². The number of benzene rings is 2. The number of pyridine rings is 1. The molecule has 3 rings (SSSR count). The minimum atomic E-state index is -0.597. The van der Waals surface area contributed by atoms with Crippen LogP contribution in [0.3, 0.4) is 0 Å². The normalized spacial score (nSPS) is 10.8. The van der Waals surface area contributed by atoms with Gasteiger partial charge in [0.05, 0.1) is 10.5 Å². The molecule has 0 saturated heterocycles. The molecular weight excluding hydrogens is 289 g/mol. The maximum absolute atomic E-state index is 13.5. The van der Waals surface area contributed by atoms with E-state index in [1.807, 2.05) is 19.1 Å². The van der Waals surface area contributed by atoms with E-state index in [1.165, 1.54) is 12.1 Å². The van der Waals surface area contributed by atoms with Crippen LogP contribution in [0.15, 0.2) is 48.5 Å². The highest BCUT2D eigenvalue weighted by Crippen LogP contribution is 2.20. The molecule has 0 amide bonds. The van der Waals surface area contributed by atoms with Gasteiger partial charge in [-0.15, -0.1) is 0 Å². The third-order valence-electron chi connectivity index (χ3n) is 3.27. The summed E-state index contributed by atoms with van der Waals surface area (Å²) in [6, 6.07) is 13.1. The average Bonchev–Trinajstić information content (AvgIpc) is 2.49. The van der Waals surface area contributed by atoms with Crippen molar-refractivity contribution in [3.8, 4) is 0 Å². The zero-order chi connectivity index (χ0) is 15.0. The number of ketones is 1. The first-order chi connectivity index (χ1) is 10.0. The summed E-state index contributed by atoms with van der Waals surface area (Å²) in [6.45, 7) is 1.91. The van der Waals surface area contributed by atoms with Gasteiger partial charge in [-0.3, -0.25) is 9.78 Å². The average molecular weight is 300 g/mol. The number of carbonyl (C=O) groups excluding carboxylic acids is 1. The highest BCUT2D eigenvalue weighted by molar-refractivity contribution is 6.30. The summed E-state index contributed by atoms with van der Waals surface area (Å²) in [7, 11) is 0. The zero-order valence-electron chi connectivity index (χ0n) is 11.2. The molecule has 0 fully saturated rings. The standard InChI is InChI=1S/C17H11ClFNO/c1-10-2-3-11-8-12(5-7-16(11)20-10)17(21)13-4-6-14(18)15(19)9-13/h2-9H,1H3. The Kier molecular flexibility index (Phi) is 3.43. The molecule has 4 heteroatoms. The molecule has 0 saturated carbocycles. The fourth-order valence-corrected chi connectivity index (χ4v) is 2.29. The molecule has 0 aliphatic carbocycles. The van der Waals surface area contributed by atoms with Crippen molar-refractivity contribution < 1.29 is 9.18 Å². The molecule has 3 aromatic rings. The van der Waals surface area contributed by atoms with Gasteiger partial charge in [0.1, 0.15) is 5.82 Å². The van der Waals surface area contributed by atoms with E-state index in [1.54, 1.807) is 18.2 Å². The molecule has 2 aromatic carbocycles. The molecule has 1 aromatic heterocycles. The second kappa shape index (κ2) is 5.26. The van der Waals surface area contributed by atoms with Crippen molar-refractivity contribution in [2.45, 2.75) is 6.92 Å². The number of nitrogens with zero attached hydrogens (tertiary/aromatic N) is 1. The van der Waals surface area contributed by atoms with Crippen molar-refractivity contribution in [2.75, 3.05) is 0 Å². The monoisotopic (exact) mass is 299 g/mol. The summed E-state index contributed by atoms with van der Waals surface area (Å²) in [4.78, 5) is 16.8. The van der Waals surface area contributed by atoms with Gasteiger partial charge in [-0.2, -0.15) is 0 Å². The lowest BCUT2D eigenvalue weighted by molar-refractivity contribution is 0.103. The van der Waals surface area contributed by atoms with Gasteiger partial charge >= 0.3 is 0 Å². The number of rotatable bonds is 2. The molecule has 2 nitrogen and oxygen atoms in total. The van der Waals surface area contributed by atoms with Gasteiger partial charge in [0, 0.05) is 22.2 Å². The van der Waals surface area contributed by atoms with Crippen molar-refractivity contribution in [1.29, 1.82) is 0 Å². The van der Waals surface area contributed by atoms with Crippen molar-refractivity contribution in [2.24, 2.45) is 0 Å². The zero-order valence-corrected chi connectivity index (χ0v) is 12.0. The molecule has 0 unspecified atom stereocenters. The first-order valence-electron chi connectivity index (χ1n) is 6.42. The quantitative estimate of drug-likeness (QED) is 0.649. The lowest BCUT2D eigenvalue weighted by Gasteiger charge is -2.05. The number of hydrogen-bond donors (Lipinski definition) is 0. The Bertz CT molecular complexity index is 861. The van der Waals surface area contributed by atoms with Crippen LogP contribution in [0.4, 0.5) is 4.39 Å². The number of fused-ring (bicyclic) bond motifs is 1. The largest absolute Gasteiger partial charge is 0.289 e. The Morgan fingerprint density at radius 2 is 1.76 bits per heavy atom. The maximum Gasteiger partial charge on any atom is 0.193 e. The van der Waals surface area contributed by atoms with E-state index in [0.29, 0.717) is 5.56 Å². The van der Waals surface area contributed by atoms with Crippen LogP contribution in [0.5, 0.6) is 0 Å². The minimum absolute atomic E-state index is 0.00439. The molecule has 0 radical (unpaired) electrons. The summed E-state index contributed by atoms with van der Waals surface area (Å²) in [5.41, 5.74) is 2.52. The van der Waals surface area contributed by atoms with Gasteiger partial charge in [0.25, 0.3) is 0 Å². The highest BCUT2D eigenvalue weighted by Gasteiger charge is 2.12. The molecule has 0 N–H and O–H groups in total. The first kappa shape index (κ1) is 13.7. The molecule has 0 aliphatic heterocycles. The Morgan fingerprint density at radius 1 is 1.05 bits per heavy atom. The Balaban J connectivity index is 2.04. The van der Waals surface area contributed by atoms with E-state index in [0.717, 1.165) is 22.7 Å². The first-order valence-corrected chi connectivity index (χ1v) is 6.79. The van der Waals surface area contributed by atoms with Crippen LogP contribution in [0.1, 0.15) is 21.6 Å². The predicted octanol–water partition coefficient (Wildman–Crippen LogP) is 4.57. The van der Waals surface area contributed by atoms with Crippen LogP contribution >= 0.6 is 11.6 Å². The summed E-state index contributed by atoms with van der Waals surface area (Å²) >= 11 is 5.63. The summed E-state index contributed by atoms with van der Waals surface area (Å²) in [5.74, 6) is -0.839. The van der Waals surface area contributed by atoms with Gasteiger partial charge in [-0.1, -0.05) is 17.7 Å². The predicted molar refractivity (Wildman–Crippen MR) is 81.3 cm³/mol. The molecule has 104 valence electrons. The second-order valence-electron chi connectivity index (χ2n) is 4.82. The number of hydrogen-bond acceptors (Lipinski definition) is 2. The highest BCUT2D eigenvalue weighted by atomic mass is 35.5. The van der Waals surface area contributed by atoms with Crippen LogP contribution in [-0.2, 0) is 0 Å². The van der Waals surface area contributed by atoms with Crippen molar-refractivity contribution >= 4 is 28.3 Å². The van der Waals surface area contributed by atoms with Crippen LogP contribution in [-0.4, -0.2) is 10.8 Å². The van der Waals surface area contributed by atoms with Gasteiger partial charge in [-0.25, -0.2) is 4.39 Å². The molecule has 1 heterocycles. The Hall–Kier alpha value is -2.26. The number of carbonyl (C=O) groups is 1. The van der Waals surface area contributed by atoms with Gasteiger partial charge in [0.2, 0.25) is 0 Å². The molecule has 0 atom stereocenters. The SMILES string of the molecule is Cc1ccc2cc(C(=O)c3ccc(Cl)c(F)c3)ccc2n1. The Labute approximate surface area is 126 Å². The number of aryl methyl sites for hydroxylation is 1. The summed E-state index contributed by atoms with van der Waals surface area (Å²) in [6.07, 6.45) is 0. The van der Waals surface area contributed by atoms with E-state index in [9.17, 15) is 9.18 Å². The number of halogens is 2. The molecule has 0 spiro atoms. The summed E-state index contributed by atoms with van der Waals surface area (Å²) in [5, 5.41) is 0.880. The lowest BCUT2D eigenvalue weighted by atomic mass is 10.0. The van der Waals surface area contributed by atoms with Crippen molar-refractivity contribution in [3.05, 3.63) is 76.2 Å². The van der Waals surface area contributed by atoms with E-state index < -0.39 is 5.82 Å². The number of aromatic nitrogens is 1. The fourth-order valence-electron chi connectivity index (χ4n) is 2.17. The third kappa shape index (κ3) is 2.65. The maximum atomic E-state index is 13.5. The van der Waals surface area contributed by atoms with E-state index in [-0.39, 0.29) is 16.4 Å². The summed E-state index contributed by atoms with van der Waals surface area (Å²) < 4.78 is 13.5. The molecule has 21 heavy (non-hydrogen) atoms. The third-order valence-corrected chi connectivity index (χ3v) is 3.58. The molecule has 0 bridgehead atoms. The smallest absolute Gasteiger partial charge is 0.193 e. The van der Waals surface area contributed by atoms with Crippen LogP contribution < -0.4 is 0 Å². The van der Waals surface area contributed by atoms with Gasteiger partial charge in [0.15, 0.2) is 5.78 Å². The van der Waals surface area contributed by atoms with Gasteiger partial charge in [-0.05, 0) is 49.4 Å². The van der Waals surface area contributed by atoms with Crippen LogP contribution in [0, 0.1) is 12.7 Å². The topological polar surface area (TPSA) is 30.0 Å². The molecular formula is C17H11ClFNO. The minimum Gasteiger partial charge on any atom is -0.289 e. The van der Waals surface area contributed by atoms with Crippen molar-refractivity contribution in [3.63, 3.8) is 0 Å². The van der Waals surface area contributed by atoms with Gasteiger partial charge < -0.3 is 0 Å². The lowest BCUT2D eigenvalue weighted by Crippen LogP contribution is -2.02. The van der Waals surface area contributed by atoms with Crippen molar-refractivity contribution in [1.82, 2.24) is 4.98 Å². The van der Waals surface area contributed by atoms with E-state index in [4.69, 9.17) is 11.6 Å². The second-order valence-corrected chi connectivity index (χ2v) is 5.23. The Morgan fingerprint density at radius 3 is 2.52 bits per heavy atom.